The summed E-state index contributed by atoms with van der Waals surface area (Å²) in [6.45, 7) is 4.45. The molecule has 0 saturated carbocycles. The quantitative estimate of drug-likeness (QED) is 0.905. The Bertz CT molecular complexity index is 430. The van der Waals surface area contributed by atoms with Crippen LogP contribution < -0.4 is 5.32 Å². The van der Waals surface area contributed by atoms with Crippen LogP contribution in [-0.4, -0.2) is 36.5 Å². The normalized spacial score (nSPS) is 19.9. The van der Waals surface area contributed by atoms with E-state index in [0.717, 1.165) is 25.2 Å². The van der Waals surface area contributed by atoms with Crippen molar-refractivity contribution < 1.29 is 4.79 Å². The van der Waals surface area contributed by atoms with Gasteiger partial charge in [-0.15, -0.1) is 0 Å². The van der Waals surface area contributed by atoms with Crippen LogP contribution in [0.1, 0.15) is 12.5 Å². The molecular formula is C13H16Cl2N2O. The van der Waals surface area contributed by atoms with Gasteiger partial charge in [0.25, 0.3) is 0 Å². The van der Waals surface area contributed by atoms with E-state index >= 15 is 0 Å². The van der Waals surface area contributed by atoms with E-state index in [9.17, 15) is 4.79 Å². The molecule has 3 nitrogen and oxygen atoms in total. The van der Waals surface area contributed by atoms with Crippen LogP contribution in [0.5, 0.6) is 0 Å². The predicted octanol–water partition coefficient (Wildman–Crippen LogP) is 2.36. The van der Waals surface area contributed by atoms with Crippen molar-refractivity contribution in [1.29, 1.82) is 0 Å². The van der Waals surface area contributed by atoms with Gasteiger partial charge in [0.2, 0.25) is 5.91 Å². The van der Waals surface area contributed by atoms with Gasteiger partial charge in [-0.25, -0.2) is 0 Å². The average molecular weight is 287 g/mol. The first-order valence-electron chi connectivity index (χ1n) is 6.02. The fourth-order valence-electron chi connectivity index (χ4n) is 2.17. The smallest absolute Gasteiger partial charge is 0.227 e. The monoisotopic (exact) mass is 286 g/mol. The zero-order valence-corrected chi connectivity index (χ0v) is 11.8. The molecule has 0 bridgehead atoms. The largest absolute Gasteiger partial charge is 0.337 e. The summed E-state index contributed by atoms with van der Waals surface area (Å²) in [4.78, 5) is 14.1. The van der Waals surface area contributed by atoms with Crippen molar-refractivity contribution in [3.63, 3.8) is 0 Å². The van der Waals surface area contributed by atoms with E-state index in [4.69, 9.17) is 23.2 Å². The number of amides is 1. The number of hydrogen-bond acceptors (Lipinski definition) is 2. The summed E-state index contributed by atoms with van der Waals surface area (Å²) in [5.41, 5.74) is 0.719. The van der Waals surface area contributed by atoms with Gasteiger partial charge in [0.05, 0.1) is 6.42 Å². The number of carbonyl (C=O) groups excluding carboxylic acids is 1. The van der Waals surface area contributed by atoms with Crippen LogP contribution in [0.3, 0.4) is 0 Å². The molecular weight excluding hydrogens is 271 g/mol. The van der Waals surface area contributed by atoms with E-state index in [-0.39, 0.29) is 18.4 Å². The molecule has 0 aliphatic carbocycles. The first-order chi connectivity index (χ1) is 8.59. The van der Waals surface area contributed by atoms with Crippen LogP contribution in [0, 0.1) is 0 Å². The van der Waals surface area contributed by atoms with Crippen molar-refractivity contribution in [1.82, 2.24) is 10.2 Å². The van der Waals surface area contributed by atoms with Crippen molar-refractivity contribution in [3.8, 4) is 0 Å². The summed E-state index contributed by atoms with van der Waals surface area (Å²) < 4.78 is 0. The van der Waals surface area contributed by atoms with Crippen molar-refractivity contribution >= 4 is 29.1 Å². The first-order valence-corrected chi connectivity index (χ1v) is 6.78. The number of rotatable bonds is 2. The molecule has 0 aromatic heterocycles. The standard InChI is InChI=1S/C13H16Cl2N2O/c1-9-8-16-5-6-17(9)13(18)7-10-11(14)3-2-4-12(10)15/h2-4,9,16H,5-8H2,1H3/t9-/m0/s1. The summed E-state index contributed by atoms with van der Waals surface area (Å²) in [6, 6.07) is 5.52. The van der Waals surface area contributed by atoms with Crippen molar-refractivity contribution in [2.24, 2.45) is 0 Å². The van der Waals surface area contributed by atoms with Gasteiger partial charge in [-0.2, -0.15) is 0 Å². The second kappa shape index (κ2) is 5.91. The predicted molar refractivity (Wildman–Crippen MR) is 74.2 cm³/mol. The minimum Gasteiger partial charge on any atom is -0.337 e. The molecule has 1 fully saturated rings. The molecule has 98 valence electrons. The Morgan fingerprint density at radius 2 is 2.11 bits per heavy atom. The lowest BCUT2D eigenvalue weighted by molar-refractivity contribution is -0.133. The Hall–Kier alpha value is -0.770. The van der Waals surface area contributed by atoms with Crippen LogP contribution in [0.15, 0.2) is 18.2 Å². The van der Waals surface area contributed by atoms with E-state index in [0.29, 0.717) is 10.0 Å². The SMILES string of the molecule is C[C@H]1CNCCN1C(=O)Cc1c(Cl)cccc1Cl. The molecule has 2 rings (SSSR count). The van der Waals surface area contributed by atoms with Gasteiger partial charge in [-0.1, -0.05) is 29.3 Å². The summed E-state index contributed by atoms with van der Waals surface area (Å²) in [7, 11) is 0. The lowest BCUT2D eigenvalue weighted by Gasteiger charge is -2.34. The Labute approximate surface area is 117 Å². The van der Waals surface area contributed by atoms with Gasteiger partial charge < -0.3 is 10.2 Å². The minimum absolute atomic E-state index is 0.0824. The van der Waals surface area contributed by atoms with Crippen LogP contribution in [0.2, 0.25) is 10.0 Å². The molecule has 5 heteroatoms. The minimum atomic E-state index is 0.0824. The highest BCUT2D eigenvalue weighted by atomic mass is 35.5. The van der Waals surface area contributed by atoms with Gasteiger partial charge in [0.15, 0.2) is 0 Å². The number of halogens is 2. The second-order valence-corrected chi connectivity index (χ2v) is 5.33. The van der Waals surface area contributed by atoms with Gasteiger partial charge in [-0.3, -0.25) is 4.79 Å². The third kappa shape index (κ3) is 2.97. The van der Waals surface area contributed by atoms with Gasteiger partial charge in [-0.05, 0) is 24.6 Å². The molecule has 1 heterocycles. The zero-order valence-electron chi connectivity index (χ0n) is 10.2. The van der Waals surface area contributed by atoms with Crippen LogP contribution in [0.4, 0.5) is 0 Å². The molecule has 1 saturated heterocycles. The summed E-state index contributed by atoms with van der Waals surface area (Å²) >= 11 is 12.2. The topological polar surface area (TPSA) is 32.3 Å². The average Bonchev–Trinajstić information content (AvgIpc) is 2.34. The number of nitrogens with one attached hydrogen (secondary N) is 1. The Morgan fingerprint density at radius 1 is 1.44 bits per heavy atom. The molecule has 0 unspecified atom stereocenters. The van der Waals surface area contributed by atoms with Crippen LogP contribution in [-0.2, 0) is 11.2 Å². The van der Waals surface area contributed by atoms with Crippen LogP contribution >= 0.6 is 23.2 Å². The zero-order chi connectivity index (χ0) is 13.1. The first kappa shape index (κ1) is 13.7. The number of piperazine rings is 1. The maximum atomic E-state index is 12.3. The molecule has 0 radical (unpaired) electrons. The molecule has 1 N–H and O–H groups in total. The molecule has 1 aliphatic heterocycles. The molecule has 1 atom stereocenters. The number of carbonyl (C=O) groups is 1. The van der Waals surface area contributed by atoms with E-state index in [1.807, 2.05) is 11.8 Å². The molecule has 1 aliphatic rings. The van der Waals surface area contributed by atoms with Crippen LogP contribution in [0.25, 0.3) is 0 Å². The van der Waals surface area contributed by atoms with Gasteiger partial charge in [0, 0.05) is 35.7 Å². The van der Waals surface area contributed by atoms with E-state index < -0.39 is 0 Å². The highest BCUT2D eigenvalue weighted by Gasteiger charge is 2.24. The fraction of sp³-hybridized carbons (Fsp3) is 0.462. The lowest BCUT2D eigenvalue weighted by atomic mass is 10.1. The maximum Gasteiger partial charge on any atom is 0.227 e. The van der Waals surface area contributed by atoms with E-state index in [1.54, 1.807) is 18.2 Å². The number of hydrogen-bond donors (Lipinski definition) is 1. The molecule has 1 amide bonds. The molecule has 0 spiro atoms. The molecule has 1 aromatic rings. The van der Waals surface area contributed by atoms with Crippen molar-refractivity contribution in [2.75, 3.05) is 19.6 Å². The van der Waals surface area contributed by atoms with Gasteiger partial charge >= 0.3 is 0 Å². The third-order valence-corrected chi connectivity index (χ3v) is 3.92. The summed E-state index contributed by atoms with van der Waals surface area (Å²) in [6.07, 6.45) is 0.267. The highest BCUT2D eigenvalue weighted by Crippen LogP contribution is 2.25. The van der Waals surface area contributed by atoms with Crippen molar-refractivity contribution in [3.05, 3.63) is 33.8 Å². The Kier molecular flexibility index (Phi) is 4.49. The van der Waals surface area contributed by atoms with Gasteiger partial charge in [0.1, 0.15) is 0 Å². The number of benzene rings is 1. The maximum absolute atomic E-state index is 12.3. The molecule has 1 aromatic carbocycles. The Balaban J connectivity index is 2.11. The molecule has 18 heavy (non-hydrogen) atoms. The van der Waals surface area contributed by atoms with Crippen molar-refractivity contribution in [2.45, 2.75) is 19.4 Å². The summed E-state index contributed by atoms with van der Waals surface area (Å²) in [5.74, 6) is 0.0824. The van der Waals surface area contributed by atoms with E-state index in [1.165, 1.54) is 0 Å². The lowest BCUT2D eigenvalue weighted by Crippen LogP contribution is -2.52. The highest BCUT2D eigenvalue weighted by molar-refractivity contribution is 6.36. The third-order valence-electron chi connectivity index (χ3n) is 3.21. The fourth-order valence-corrected chi connectivity index (χ4v) is 2.70. The second-order valence-electron chi connectivity index (χ2n) is 4.52. The number of nitrogens with zero attached hydrogens (tertiary/aromatic N) is 1. The Morgan fingerprint density at radius 3 is 2.72 bits per heavy atom. The van der Waals surface area contributed by atoms with E-state index in [2.05, 4.69) is 5.32 Å². The summed E-state index contributed by atoms with van der Waals surface area (Å²) in [5, 5.41) is 4.37.